The lowest BCUT2D eigenvalue weighted by molar-refractivity contribution is -0.359. The Hall–Kier alpha value is -3.35. The van der Waals surface area contributed by atoms with Crippen molar-refractivity contribution in [1.29, 1.82) is 0 Å². The zero-order valence-electron chi connectivity index (χ0n) is 53.5. The molecule has 12 atom stereocenters. The number of aliphatic hydroxyl groups excluding tert-OH is 8. The van der Waals surface area contributed by atoms with Crippen LogP contribution in [0.25, 0.3) is 0 Å². The fraction of sp³-hybridized carbons (Fsp3) is 0.736. The van der Waals surface area contributed by atoms with Crippen LogP contribution >= 0.6 is 0 Å². The maximum Gasteiger partial charge on any atom is 0.220 e. The average molecular weight is 1210 g/mol. The molecule has 0 radical (unpaired) electrons. The minimum Gasteiger partial charge on any atom is -0.394 e. The van der Waals surface area contributed by atoms with Crippen LogP contribution in [0, 0.1) is 0 Å². The van der Waals surface area contributed by atoms with Gasteiger partial charge in [0.1, 0.15) is 48.8 Å². The van der Waals surface area contributed by atoms with E-state index in [-0.39, 0.29) is 18.9 Å². The number of carbonyl (C=O) groups excluding carboxylic acids is 1. The smallest absolute Gasteiger partial charge is 0.220 e. The third-order valence-electron chi connectivity index (χ3n) is 15.9. The van der Waals surface area contributed by atoms with Gasteiger partial charge < -0.3 is 65.1 Å². The van der Waals surface area contributed by atoms with Crippen LogP contribution < -0.4 is 5.32 Å². The first kappa shape index (κ1) is 78.7. The van der Waals surface area contributed by atoms with E-state index in [0.717, 1.165) is 83.5 Å². The van der Waals surface area contributed by atoms with Gasteiger partial charge in [-0.05, 0) is 96.3 Å². The Morgan fingerprint density at radius 3 is 1.28 bits per heavy atom. The topological polar surface area (TPSA) is 228 Å². The van der Waals surface area contributed by atoms with Crippen LogP contribution in [0.3, 0.4) is 0 Å². The summed E-state index contributed by atoms with van der Waals surface area (Å²) in [7, 11) is 0. The monoisotopic (exact) mass is 1210 g/mol. The molecule has 2 heterocycles. The highest BCUT2D eigenvalue weighted by molar-refractivity contribution is 5.76. The lowest BCUT2D eigenvalue weighted by atomic mass is 9.97. The summed E-state index contributed by atoms with van der Waals surface area (Å²) >= 11 is 0. The standard InChI is InChI=1S/C72H123NO13/c1-3-5-7-9-11-13-15-17-18-19-20-21-22-23-24-25-26-27-28-29-30-31-32-33-34-35-36-37-38-39-40-41-42-44-46-48-50-52-54-56-64(77)73-60(61(76)55-53-51-49-47-45-43-16-14-12-10-8-6-4-2)59-83-71-69(82)67(80)70(63(58-75)85-71)86-72-68(81)66(79)65(78)62(57-74)84-72/h5,7,11-14,17-18,20-21,23-24,26-27,45,47,53,55,60-63,65-72,74-76,78-82H,3-4,6,8-10,15-16,19,22,25,28-44,46,48-52,54,56-59H2,1-2H3,(H,73,77)/b7-5-,13-11-,14-12+,18-17-,21-20-,24-23-,27-26-,47-45+,55-53+. The van der Waals surface area contributed by atoms with Crippen molar-refractivity contribution in [2.45, 2.75) is 319 Å². The van der Waals surface area contributed by atoms with E-state index in [9.17, 15) is 45.6 Å². The second-order valence-corrected chi connectivity index (χ2v) is 23.5. The van der Waals surface area contributed by atoms with Crippen LogP contribution in [0.5, 0.6) is 0 Å². The first-order valence-corrected chi connectivity index (χ1v) is 34.1. The normalized spacial score (nSPS) is 24.1. The van der Waals surface area contributed by atoms with Gasteiger partial charge in [0.2, 0.25) is 5.91 Å². The quantitative estimate of drug-likeness (QED) is 0.0204. The Morgan fingerprint density at radius 1 is 0.430 bits per heavy atom. The van der Waals surface area contributed by atoms with Crippen molar-refractivity contribution in [3.63, 3.8) is 0 Å². The summed E-state index contributed by atoms with van der Waals surface area (Å²) in [4.78, 5) is 13.3. The molecule has 86 heavy (non-hydrogen) atoms. The highest BCUT2D eigenvalue weighted by Gasteiger charge is 2.51. The van der Waals surface area contributed by atoms with Gasteiger partial charge >= 0.3 is 0 Å². The number of hydrogen-bond acceptors (Lipinski definition) is 13. The number of hydrogen-bond donors (Lipinski definition) is 9. The van der Waals surface area contributed by atoms with Gasteiger partial charge in [0.25, 0.3) is 0 Å². The molecule has 0 bridgehead atoms. The molecule has 494 valence electrons. The molecule has 2 aliphatic heterocycles. The number of allylic oxidation sites excluding steroid dienone is 17. The molecule has 1 amide bonds. The summed E-state index contributed by atoms with van der Waals surface area (Å²) in [5.74, 6) is -0.255. The molecule has 9 N–H and O–H groups in total. The summed E-state index contributed by atoms with van der Waals surface area (Å²) in [6.07, 6.45) is 63.1. The van der Waals surface area contributed by atoms with E-state index in [0.29, 0.717) is 12.8 Å². The number of amides is 1. The van der Waals surface area contributed by atoms with E-state index in [1.807, 2.05) is 6.08 Å². The highest BCUT2D eigenvalue weighted by Crippen LogP contribution is 2.30. The molecule has 2 fully saturated rings. The van der Waals surface area contributed by atoms with Crippen molar-refractivity contribution >= 4 is 5.91 Å². The second-order valence-electron chi connectivity index (χ2n) is 23.5. The second kappa shape index (κ2) is 55.7. The van der Waals surface area contributed by atoms with Crippen molar-refractivity contribution in [2.24, 2.45) is 0 Å². The maximum atomic E-state index is 13.3. The van der Waals surface area contributed by atoms with Crippen LogP contribution in [-0.2, 0) is 23.7 Å². The van der Waals surface area contributed by atoms with Gasteiger partial charge in [-0.2, -0.15) is 0 Å². The van der Waals surface area contributed by atoms with Gasteiger partial charge in [-0.15, -0.1) is 0 Å². The molecule has 0 aliphatic carbocycles. The average Bonchev–Trinajstić information content (AvgIpc) is 2.76. The molecule has 0 spiro atoms. The van der Waals surface area contributed by atoms with Gasteiger partial charge in [0, 0.05) is 6.42 Å². The number of rotatable bonds is 54. The lowest BCUT2D eigenvalue weighted by Gasteiger charge is -2.46. The zero-order chi connectivity index (χ0) is 62.3. The Labute approximate surface area is 521 Å². The minimum absolute atomic E-state index is 0.255. The predicted octanol–water partition coefficient (Wildman–Crippen LogP) is 13.6. The fourth-order valence-electron chi connectivity index (χ4n) is 10.5. The van der Waals surface area contributed by atoms with Crippen LogP contribution in [0.15, 0.2) is 109 Å². The molecule has 0 aromatic carbocycles. The van der Waals surface area contributed by atoms with Crippen molar-refractivity contribution in [3.8, 4) is 0 Å². The van der Waals surface area contributed by atoms with E-state index in [1.165, 1.54) is 128 Å². The number of carbonyl (C=O) groups is 1. The summed E-state index contributed by atoms with van der Waals surface area (Å²) < 4.78 is 22.8. The van der Waals surface area contributed by atoms with Crippen LogP contribution in [0.2, 0.25) is 0 Å². The van der Waals surface area contributed by atoms with Crippen molar-refractivity contribution in [3.05, 3.63) is 109 Å². The number of unbranched alkanes of at least 4 members (excludes halogenated alkanes) is 25. The van der Waals surface area contributed by atoms with Gasteiger partial charge in [-0.1, -0.05) is 252 Å². The highest BCUT2D eigenvalue weighted by atomic mass is 16.7. The Balaban J connectivity index is 1.58. The molecular weight excluding hydrogens is 1090 g/mol. The molecular formula is C72H123NO13. The van der Waals surface area contributed by atoms with Gasteiger partial charge in [-0.25, -0.2) is 0 Å². The van der Waals surface area contributed by atoms with E-state index in [2.05, 4.69) is 116 Å². The molecule has 2 rings (SSSR count). The number of nitrogens with one attached hydrogen (secondary N) is 1. The van der Waals surface area contributed by atoms with Gasteiger partial charge in [-0.3, -0.25) is 4.79 Å². The summed E-state index contributed by atoms with van der Waals surface area (Å²) in [6, 6.07) is -0.941. The summed E-state index contributed by atoms with van der Waals surface area (Å²) in [6.45, 7) is 2.62. The van der Waals surface area contributed by atoms with E-state index >= 15 is 0 Å². The molecule has 14 nitrogen and oxygen atoms in total. The van der Waals surface area contributed by atoms with Gasteiger partial charge in [0.15, 0.2) is 12.6 Å². The minimum atomic E-state index is -1.80. The molecule has 2 saturated heterocycles. The number of ether oxygens (including phenoxy) is 4. The molecule has 2 aliphatic rings. The first-order valence-electron chi connectivity index (χ1n) is 34.1. The third kappa shape index (κ3) is 39.6. The zero-order valence-corrected chi connectivity index (χ0v) is 53.5. The van der Waals surface area contributed by atoms with E-state index in [4.69, 9.17) is 18.9 Å². The fourth-order valence-corrected chi connectivity index (χ4v) is 10.5. The summed E-state index contributed by atoms with van der Waals surface area (Å²) in [5, 5.41) is 87.1. The number of aliphatic hydroxyl groups is 8. The van der Waals surface area contributed by atoms with Gasteiger partial charge in [0.05, 0.1) is 32.0 Å². The lowest BCUT2D eigenvalue weighted by Crippen LogP contribution is -2.65. The molecule has 0 aromatic heterocycles. The van der Waals surface area contributed by atoms with Crippen LogP contribution in [0.1, 0.15) is 245 Å². The SMILES string of the molecule is CC/C=C\C/C=C\C/C=C\C/C=C\C/C=C\C/C=C\CCCCCCCCCCCCCCCCCCCCCCC(=O)NC(COC1OC(CO)C(OC2OC(CO)C(O)C(O)C2O)C(O)C1O)C(O)/C=C/CC/C=C/CC/C=C/CCCCC. The van der Waals surface area contributed by atoms with E-state index in [1.54, 1.807) is 6.08 Å². The molecule has 12 unspecified atom stereocenters. The Kier molecular flexibility index (Phi) is 51.0. The largest absolute Gasteiger partial charge is 0.394 e. The third-order valence-corrected chi connectivity index (χ3v) is 15.9. The summed E-state index contributed by atoms with van der Waals surface area (Å²) in [5.41, 5.74) is 0. The maximum absolute atomic E-state index is 13.3. The predicted molar refractivity (Wildman–Crippen MR) is 350 cm³/mol. The van der Waals surface area contributed by atoms with Crippen molar-refractivity contribution in [2.75, 3.05) is 19.8 Å². The molecule has 0 saturated carbocycles. The van der Waals surface area contributed by atoms with Crippen molar-refractivity contribution in [1.82, 2.24) is 5.32 Å². The first-order chi connectivity index (χ1) is 42.1. The van der Waals surface area contributed by atoms with E-state index < -0.39 is 86.8 Å². The van der Waals surface area contributed by atoms with Crippen LogP contribution in [0.4, 0.5) is 0 Å². The molecule has 14 heteroatoms. The Morgan fingerprint density at radius 2 is 0.814 bits per heavy atom. The Bertz CT molecular complexity index is 1860. The molecule has 0 aromatic rings. The van der Waals surface area contributed by atoms with Crippen molar-refractivity contribution < 1.29 is 64.6 Å². The van der Waals surface area contributed by atoms with Crippen LogP contribution in [-0.4, -0.2) is 140 Å².